The molecule has 1 saturated carbocycles. The number of halogens is 2. The number of carbonyl (C=O) groups excluding carboxylic acids is 1. The number of hydrogen-bond acceptors (Lipinski definition) is 3. The molecule has 2 atom stereocenters. The Morgan fingerprint density at radius 1 is 1.52 bits per heavy atom. The van der Waals surface area contributed by atoms with Gasteiger partial charge in [0.1, 0.15) is 6.07 Å². The minimum absolute atomic E-state index is 0.0836. The molecule has 3 rings (SSSR count). The average Bonchev–Trinajstić information content (AvgIpc) is 2.91. The summed E-state index contributed by atoms with van der Waals surface area (Å²) in [6.45, 7) is 1.87. The number of rotatable bonds is 1. The molecule has 1 fully saturated rings. The van der Waals surface area contributed by atoms with Gasteiger partial charge in [0.25, 0.3) is 0 Å². The number of carbonyl (C=O) groups is 1. The zero-order valence-electron chi connectivity index (χ0n) is 11.4. The Labute approximate surface area is 126 Å². The molecule has 2 unspecified atom stereocenters. The fourth-order valence-corrected chi connectivity index (χ4v) is 3.87. The maximum atomic E-state index is 13.7. The molecule has 0 spiro atoms. The number of nitriles is 1. The zero-order chi connectivity index (χ0) is 15.4. The van der Waals surface area contributed by atoms with Crippen molar-refractivity contribution in [2.75, 3.05) is 0 Å². The molecule has 0 aliphatic heterocycles. The number of nitrogens with zero attached hydrogens (tertiary/aromatic N) is 1. The second-order valence-corrected chi connectivity index (χ2v) is 6.29. The number of benzene rings is 1. The molecular formula is C16H13ClFNO2. The molecule has 0 amide bonds. The van der Waals surface area contributed by atoms with Crippen LogP contribution in [-0.2, 0) is 4.79 Å². The predicted octanol–water partition coefficient (Wildman–Crippen LogP) is 3.85. The molecule has 21 heavy (non-hydrogen) atoms. The van der Waals surface area contributed by atoms with Gasteiger partial charge in [-0.2, -0.15) is 5.26 Å². The quantitative estimate of drug-likeness (QED) is 0.857. The number of aromatic hydroxyl groups is 1. The standard InChI is InChI=1S/C16H13ClFNO2/c1-16-4-2-3-10(16)13(9(7-19)15(16)21)8-5-11(17)14(20)12(18)6-8/h5-6,10,20H,2-4H2,1H3. The molecule has 2 aliphatic rings. The molecule has 1 N–H and O–H groups in total. The number of fused-ring (bicyclic) bond motifs is 1. The van der Waals surface area contributed by atoms with E-state index in [-0.39, 0.29) is 22.3 Å². The lowest BCUT2D eigenvalue weighted by Gasteiger charge is -2.24. The largest absolute Gasteiger partial charge is 0.504 e. The van der Waals surface area contributed by atoms with Gasteiger partial charge in [0.05, 0.1) is 10.6 Å². The van der Waals surface area contributed by atoms with Gasteiger partial charge in [-0.15, -0.1) is 0 Å². The third-order valence-corrected chi connectivity index (χ3v) is 5.05. The number of ketones is 1. The summed E-state index contributed by atoms with van der Waals surface area (Å²) in [7, 11) is 0. The summed E-state index contributed by atoms with van der Waals surface area (Å²) >= 11 is 5.82. The van der Waals surface area contributed by atoms with Crippen molar-refractivity contribution in [3.63, 3.8) is 0 Å². The minimum atomic E-state index is -0.846. The van der Waals surface area contributed by atoms with Gasteiger partial charge in [0.15, 0.2) is 17.3 Å². The highest BCUT2D eigenvalue weighted by molar-refractivity contribution is 6.32. The summed E-state index contributed by atoms with van der Waals surface area (Å²) in [5, 5.41) is 18.6. The molecule has 0 saturated heterocycles. The molecule has 0 aromatic heterocycles. The van der Waals surface area contributed by atoms with E-state index in [2.05, 4.69) is 0 Å². The van der Waals surface area contributed by atoms with E-state index in [0.717, 1.165) is 25.3 Å². The van der Waals surface area contributed by atoms with Gasteiger partial charge in [-0.3, -0.25) is 4.79 Å². The van der Waals surface area contributed by atoms with E-state index >= 15 is 0 Å². The van der Waals surface area contributed by atoms with Crippen LogP contribution in [0.3, 0.4) is 0 Å². The molecule has 3 nitrogen and oxygen atoms in total. The van der Waals surface area contributed by atoms with Crippen molar-refractivity contribution in [3.8, 4) is 11.8 Å². The summed E-state index contributed by atoms with van der Waals surface area (Å²) in [6, 6.07) is 4.54. The van der Waals surface area contributed by atoms with Crippen molar-refractivity contribution in [2.45, 2.75) is 26.2 Å². The van der Waals surface area contributed by atoms with E-state index in [1.807, 2.05) is 13.0 Å². The summed E-state index contributed by atoms with van der Waals surface area (Å²) < 4.78 is 13.7. The summed E-state index contributed by atoms with van der Waals surface area (Å²) in [5.41, 5.74) is 0.517. The Hall–Kier alpha value is -1.86. The van der Waals surface area contributed by atoms with Crippen molar-refractivity contribution >= 4 is 23.0 Å². The van der Waals surface area contributed by atoms with Gasteiger partial charge in [-0.05, 0) is 42.0 Å². The van der Waals surface area contributed by atoms with Gasteiger partial charge < -0.3 is 5.11 Å². The van der Waals surface area contributed by atoms with Gasteiger partial charge >= 0.3 is 0 Å². The Kier molecular flexibility index (Phi) is 3.07. The highest BCUT2D eigenvalue weighted by atomic mass is 35.5. The van der Waals surface area contributed by atoms with Crippen molar-refractivity contribution < 1.29 is 14.3 Å². The van der Waals surface area contributed by atoms with Crippen LogP contribution in [-0.4, -0.2) is 10.9 Å². The number of hydrogen-bond donors (Lipinski definition) is 1. The molecule has 2 aliphatic carbocycles. The normalized spacial score (nSPS) is 27.9. The lowest BCUT2D eigenvalue weighted by atomic mass is 9.78. The highest BCUT2D eigenvalue weighted by Crippen LogP contribution is 2.57. The summed E-state index contributed by atoms with van der Waals surface area (Å²) in [4.78, 5) is 12.5. The molecule has 1 aromatic rings. The van der Waals surface area contributed by atoms with E-state index in [9.17, 15) is 19.6 Å². The maximum Gasteiger partial charge on any atom is 0.180 e. The number of phenols is 1. The van der Waals surface area contributed by atoms with Crippen molar-refractivity contribution in [1.29, 1.82) is 5.26 Å². The van der Waals surface area contributed by atoms with Crippen molar-refractivity contribution in [3.05, 3.63) is 34.1 Å². The monoisotopic (exact) mass is 305 g/mol. The third kappa shape index (κ3) is 1.81. The SMILES string of the molecule is CC12CCCC1C(c1cc(F)c(O)c(Cl)c1)=C(C#N)C2=O. The van der Waals surface area contributed by atoms with Crippen LogP contribution in [0.5, 0.6) is 5.75 Å². The Bertz CT molecular complexity index is 711. The third-order valence-electron chi connectivity index (χ3n) is 4.76. The first-order valence-corrected chi connectivity index (χ1v) is 7.15. The lowest BCUT2D eigenvalue weighted by Crippen LogP contribution is -2.26. The fraction of sp³-hybridized carbons (Fsp3) is 0.375. The van der Waals surface area contributed by atoms with Crippen LogP contribution < -0.4 is 0 Å². The molecule has 0 radical (unpaired) electrons. The van der Waals surface area contributed by atoms with Gasteiger partial charge in [-0.25, -0.2) is 4.39 Å². The lowest BCUT2D eigenvalue weighted by molar-refractivity contribution is -0.123. The van der Waals surface area contributed by atoms with Crippen molar-refractivity contribution in [2.24, 2.45) is 11.3 Å². The smallest absolute Gasteiger partial charge is 0.180 e. The van der Waals surface area contributed by atoms with Crippen LogP contribution in [0.25, 0.3) is 5.57 Å². The summed E-state index contributed by atoms with van der Waals surface area (Å²) in [5.74, 6) is -1.70. The van der Waals surface area contributed by atoms with Gasteiger partial charge in [0.2, 0.25) is 0 Å². The average molecular weight is 306 g/mol. The predicted molar refractivity (Wildman–Crippen MR) is 76.1 cm³/mol. The van der Waals surface area contributed by atoms with Gasteiger partial charge in [-0.1, -0.05) is 24.9 Å². The number of Topliss-reactive ketones (excluding diaryl/α,β-unsaturated/α-hetero) is 1. The Morgan fingerprint density at radius 2 is 2.24 bits per heavy atom. The van der Waals surface area contributed by atoms with E-state index in [1.54, 1.807) is 0 Å². The van der Waals surface area contributed by atoms with Crippen LogP contribution >= 0.6 is 11.6 Å². The van der Waals surface area contributed by atoms with E-state index in [4.69, 9.17) is 11.6 Å². The van der Waals surface area contributed by atoms with Crippen LogP contribution in [0, 0.1) is 28.5 Å². The van der Waals surface area contributed by atoms with Crippen molar-refractivity contribution in [1.82, 2.24) is 0 Å². The minimum Gasteiger partial charge on any atom is -0.504 e. The number of phenolic OH excluding ortho intramolecular Hbond substituents is 1. The Balaban J connectivity index is 2.23. The van der Waals surface area contributed by atoms with Crippen LogP contribution in [0.1, 0.15) is 31.7 Å². The van der Waals surface area contributed by atoms with Crippen LogP contribution in [0.2, 0.25) is 5.02 Å². The van der Waals surface area contributed by atoms with E-state index < -0.39 is 17.0 Å². The van der Waals surface area contributed by atoms with Gasteiger partial charge in [0, 0.05) is 5.41 Å². The fourth-order valence-electron chi connectivity index (χ4n) is 3.66. The second kappa shape index (κ2) is 4.57. The molecular weight excluding hydrogens is 293 g/mol. The first-order valence-electron chi connectivity index (χ1n) is 6.77. The molecule has 0 bridgehead atoms. The molecule has 1 aromatic carbocycles. The first-order chi connectivity index (χ1) is 9.90. The molecule has 108 valence electrons. The topological polar surface area (TPSA) is 61.1 Å². The summed E-state index contributed by atoms with van der Waals surface area (Å²) in [6.07, 6.45) is 2.44. The van der Waals surface area contributed by atoms with E-state index in [1.165, 1.54) is 6.07 Å². The first kappa shape index (κ1) is 14.1. The molecule has 5 heteroatoms. The molecule has 0 heterocycles. The zero-order valence-corrected chi connectivity index (χ0v) is 12.2. The Morgan fingerprint density at radius 3 is 2.86 bits per heavy atom. The van der Waals surface area contributed by atoms with E-state index in [0.29, 0.717) is 11.1 Å². The number of allylic oxidation sites excluding steroid dienone is 2. The second-order valence-electron chi connectivity index (χ2n) is 5.88. The highest BCUT2D eigenvalue weighted by Gasteiger charge is 2.54. The van der Waals surface area contributed by atoms with Crippen LogP contribution in [0.4, 0.5) is 4.39 Å². The van der Waals surface area contributed by atoms with Crippen LogP contribution in [0.15, 0.2) is 17.7 Å². The maximum absolute atomic E-state index is 13.7.